The molecule has 1 unspecified atom stereocenters. The molecule has 0 saturated heterocycles. The third kappa shape index (κ3) is 3.40. The first kappa shape index (κ1) is 17.1. The molecule has 1 aromatic rings. The van der Waals surface area contributed by atoms with Crippen LogP contribution in [0.1, 0.15) is 56.1 Å². The van der Waals surface area contributed by atoms with Gasteiger partial charge in [-0.15, -0.1) is 0 Å². The molecule has 0 radical (unpaired) electrons. The first-order valence-corrected chi connectivity index (χ1v) is 8.36. The van der Waals surface area contributed by atoms with Crippen LogP contribution in [-0.4, -0.2) is 25.3 Å². The molecule has 0 amide bonds. The molecular formula is C17H23BrO4. The lowest BCUT2D eigenvalue weighted by Crippen LogP contribution is -2.11. The van der Waals surface area contributed by atoms with Crippen LogP contribution in [0.3, 0.4) is 0 Å². The number of carboxylic acids is 1. The molecule has 1 aliphatic carbocycles. The van der Waals surface area contributed by atoms with Gasteiger partial charge < -0.3 is 14.6 Å². The van der Waals surface area contributed by atoms with Gasteiger partial charge in [-0.3, -0.25) is 4.79 Å². The number of benzene rings is 1. The number of halogens is 1. The van der Waals surface area contributed by atoms with E-state index >= 15 is 0 Å². The van der Waals surface area contributed by atoms with E-state index in [4.69, 9.17) is 9.47 Å². The summed E-state index contributed by atoms with van der Waals surface area (Å²) in [5, 5.41) is 9.26. The minimum atomic E-state index is -0.767. The van der Waals surface area contributed by atoms with Gasteiger partial charge in [-0.05, 0) is 57.8 Å². The number of aliphatic carboxylic acids is 1. The van der Waals surface area contributed by atoms with Crippen molar-refractivity contribution < 1.29 is 19.4 Å². The average molecular weight is 371 g/mol. The van der Waals surface area contributed by atoms with Crippen molar-refractivity contribution in [1.82, 2.24) is 0 Å². The highest BCUT2D eigenvalue weighted by Gasteiger charge is 2.37. The Kier molecular flexibility index (Phi) is 5.37. The standard InChI is InChI=1S/C17H23BrO4/c1-9(2)11-7-13(12(8-14(19)20)10-5-6-10)17(22-4)15(18)16(11)21-3/h7,9-10,12H,5-6,8H2,1-4H3,(H,19,20). The fourth-order valence-corrected chi connectivity index (χ4v) is 3.77. The molecule has 0 heterocycles. The van der Waals surface area contributed by atoms with Crippen LogP contribution in [0, 0.1) is 5.92 Å². The molecule has 0 aliphatic heterocycles. The van der Waals surface area contributed by atoms with Gasteiger partial charge in [0.2, 0.25) is 0 Å². The Labute approximate surface area is 139 Å². The van der Waals surface area contributed by atoms with E-state index in [0.717, 1.165) is 34.2 Å². The summed E-state index contributed by atoms with van der Waals surface area (Å²) in [6, 6.07) is 2.07. The number of rotatable bonds is 7. The maximum Gasteiger partial charge on any atom is 0.303 e. The van der Waals surface area contributed by atoms with Crippen LogP contribution in [0.2, 0.25) is 0 Å². The highest BCUT2D eigenvalue weighted by Crippen LogP contribution is 2.51. The van der Waals surface area contributed by atoms with Crippen LogP contribution < -0.4 is 9.47 Å². The van der Waals surface area contributed by atoms with Crippen molar-refractivity contribution in [3.63, 3.8) is 0 Å². The molecule has 1 saturated carbocycles. The van der Waals surface area contributed by atoms with Crippen molar-refractivity contribution >= 4 is 21.9 Å². The molecule has 0 spiro atoms. The van der Waals surface area contributed by atoms with E-state index < -0.39 is 5.97 Å². The number of hydrogen-bond acceptors (Lipinski definition) is 3. The fourth-order valence-electron chi connectivity index (χ4n) is 2.99. The Morgan fingerprint density at radius 1 is 1.27 bits per heavy atom. The van der Waals surface area contributed by atoms with E-state index in [1.54, 1.807) is 14.2 Å². The Hall–Kier alpha value is -1.23. The van der Waals surface area contributed by atoms with Gasteiger partial charge in [0.25, 0.3) is 0 Å². The molecule has 22 heavy (non-hydrogen) atoms. The van der Waals surface area contributed by atoms with Crippen LogP contribution in [0.5, 0.6) is 11.5 Å². The van der Waals surface area contributed by atoms with Crippen LogP contribution in [0.4, 0.5) is 0 Å². The van der Waals surface area contributed by atoms with Gasteiger partial charge in [-0.25, -0.2) is 0 Å². The van der Waals surface area contributed by atoms with Gasteiger partial charge in [-0.1, -0.05) is 13.8 Å². The molecule has 0 bridgehead atoms. The predicted octanol–water partition coefficient (Wildman–Crippen LogP) is 4.56. The minimum Gasteiger partial charge on any atom is -0.495 e. The summed E-state index contributed by atoms with van der Waals surface area (Å²) >= 11 is 3.58. The van der Waals surface area contributed by atoms with E-state index in [1.807, 2.05) is 0 Å². The lowest BCUT2D eigenvalue weighted by atomic mass is 9.87. The molecule has 1 atom stereocenters. The smallest absolute Gasteiger partial charge is 0.303 e. The van der Waals surface area contributed by atoms with Crippen molar-refractivity contribution in [2.75, 3.05) is 14.2 Å². The van der Waals surface area contributed by atoms with E-state index in [-0.39, 0.29) is 18.3 Å². The normalized spacial score (nSPS) is 15.7. The van der Waals surface area contributed by atoms with Crippen LogP contribution in [0.25, 0.3) is 0 Å². The van der Waals surface area contributed by atoms with Crippen LogP contribution >= 0.6 is 15.9 Å². The van der Waals surface area contributed by atoms with Crippen LogP contribution in [0.15, 0.2) is 10.5 Å². The lowest BCUT2D eigenvalue weighted by Gasteiger charge is -2.23. The number of methoxy groups -OCH3 is 2. The molecular weight excluding hydrogens is 348 g/mol. The number of carboxylic acid groups (broad SMARTS) is 1. The Morgan fingerprint density at radius 2 is 1.82 bits per heavy atom. The second-order valence-electron chi connectivity index (χ2n) is 6.13. The Bertz CT molecular complexity index is 564. The zero-order valence-electron chi connectivity index (χ0n) is 13.5. The fraction of sp³-hybridized carbons (Fsp3) is 0.588. The van der Waals surface area contributed by atoms with E-state index in [1.165, 1.54) is 0 Å². The second-order valence-corrected chi connectivity index (χ2v) is 6.92. The van der Waals surface area contributed by atoms with E-state index in [9.17, 15) is 9.90 Å². The molecule has 2 rings (SSSR count). The molecule has 1 fully saturated rings. The first-order valence-electron chi connectivity index (χ1n) is 7.56. The third-order valence-electron chi connectivity index (χ3n) is 4.25. The topological polar surface area (TPSA) is 55.8 Å². The highest BCUT2D eigenvalue weighted by atomic mass is 79.9. The van der Waals surface area contributed by atoms with Crippen molar-refractivity contribution in [2.45, 2.75) is 44.9 Å². The summed E-state index contributed by atoms with van der Waals surface area (Å²) in [5.74, 6) is 1.40. The maximum atomic E-state index is 11.3. The molecule has 1 aromatic carbocycles. The maximum absolute atomic E-state index is 11.3. The van der Waals surface area contributed by atoms with E-state index in [0.29, 0.717) is 11.7 Å². The minimum absolute atomic E-state index is 0.00726. The second kappa shape index (κ2) is 6.90. The zero-order chi connectivity index (χ0) is 16.4. The van der Waals surface area contributed by atoms with Gasteiger partial charge in [0.15, 0.2) is 0 Å². The molecule has 0 aromatic heterocycles. The third-order valence-corrected chi connectivity index (χ3v) is 4.97. The lowest BCUT2D eigenvalue weighted by molar-refractivity contribution is -0.137. The van der Waals surface area contributed by atoms with Gasteiger partial charge >= 0.3 is 5.97 Å². The highest BCUT2D eigenvalue weighted by molar-refractivity contribution is 9.10. The molecule has 122 valence electrons. The Balaban J connectivity index is 2.59. The van der Waals surface area contributed by atoms with Gasteiger partial charge in [-0.2, -0.15) is 0 Å². The van der Waals surface area contributed by atoms with Crippen molar-refractivity contribution in [1.29, 1.82) is 0 Å². The van der Waals surface area contributed by atoms with Gasteiger partial charge in [0, 0.05) is 5.92 Å². The van der Waals surface area contributed by atoms with Crippen molar-refractivity contribution in [2.24, 2.45) is 5.92 Å². The quantitative estimate of drug-likeness (QED) is 0.764. The molecule has 1 N–H and O–H groups in total. The molecule has 5 heteroatoms. The number of carbonyl (C=O) groups is 1. The van der Waals surface area contributed by atoms with Gasteiger partial charge in [0.05, 0.1) is 20.6 Å². The van der Waals surface area contributed by atoms with Crippen molar-refractivity contribution in [3.05, 3.63) is 21.7 Å². The first-order chi connectivity index (χ1) is 10.4. The molecule has 1 aliphatic rings. The summed E-state index contributed by atoms with van der Waals surface area (Å²) in [5.41, 5.74) is 2.05. The largest absolute Gasteiger partial charge is 0.495 e. The summed E-state index contributed by atoms with van der Waals surface area (Å²) in [6.45, 7) is 4.20. The molecule has 4 nitrogen and oxygen atoms in total. The zero-order valence-corrected chi connectivity index (χ0v) is 15.1. The predicted molar refractivity (Wildman–Crippen MR) is 89.1 cm³/mol. The van der Waals surface area contributed by atoms with E-state index in [2.05, 4.69) is 35.8 Å². The number of ether oxygens (including phenoxy) is 2. The summed E-state index contributed by atoms with van der Waals surface area (Å²) in [6.07, 6.45) is 2.31. The Morgan fingerprint density at radius 3 is 2.23 bits per heavy atom. The number of hydrogen-bond donors (Lipinski definition) is 1. The van der Waals surface area contributed by atoms with Crippen LogP contribution in [-0.2, 0) is 4.79 Å². The van der Waals surface area contributed by atoms with Gasteiger partial charge in [0.1, 0.15) is 16.0 Å². The summed E-state index contributed by atoms with van der Waals surface area (Å²) in [4.78, 5) is 11.3. The summed E-state index contributed by atoms with van der Waals surface area (Å²) < 4.78 is 11.9. The SMILES string of the molecule is COc1c(C(C)C)cc(C(CC(=O)O)C2CC2)c(OC)c1Br. The van der Waals surface area contributed by atoms with Crippen molar-refractivity contribution in [3.8, 4) is 11.5 Å². The summed E-state index contributed by atoms with van der Waals surface area (Å²) in [7, 11) is 3.25. The monoisotopic (exact) mass is 370 g/mol. The average Bonchev–Trinajstić information content (AvgIpc) is 3.27.